The van der Waals surface area contributed by atoms with Crippen molar-refractivity contribution in [3.63, 3.8) is 0 Å². The first kappa shape index (κ1) is 12.9. The molecule has 0 bridgehead atoms. The molecule has 0 aromatic carbocycles. The highest BCUT2D eigenvalue weighted by Gasteiger charge is 2.14. The Morgan fingerprint density at radius 3 is 2.23 bits per heavy atom. The summed E-state index contributed by atoms with van der Waals surface area (Å²) in [5.41, 5.74) is 0. The maximum atomic E-state index is 5.17. The monoisotopic (exact) mass is 187 g/mol. The van der Waals surface area contributed by atoms with Gasteiger partial charge in [-0.15, -0.1) is 0 Å². The van der Waals surface area contributed by atoms with Crippen molar-refractivity contribution in [3.8, 4) is 0 Å². The first-order valence-corrected chi connectivity index (χ1v) is 5.34. The Labute approximate surface area is 83.1 Å². The molecule has 1 N–H and O–H groups in total. The average molecular weight is 187 g/mol. The summed E-state index contributed by atoms with van der Waals surface area (Å²) in [6.45, 7) is 10.9. The summed E-state index contributed by atoms with van der Waals surface area (Å²) in [6, 6.07) is 0.587. The number of methoxy groups -OCH3 is 1. The zero-order valence-electron chi connectivity index (χ0n) is 9.76. The molecule has 0 rings (SSSR count). The molecule has 13 heavy (non-hydrogen) atoms. The van der Waals surface area contributed by atoms with Gasteiger partial charge in [-0.3, -0.25) is 0 Å². The Hall–Kier alpha value is -0.0800. The second-order valence-electron chi connectivity index (χ2n) is 4.16. The van der Waals surface area contributed by atoms with Crippen molar-refractivity contribution in [3.05, 3.63) is 0 Å². The predicted octanol–water partition coefficient (Wildman–Crippen LogP) is 2.29. The minimum atomic E-state index is 0.587. The van der Waals surface area contributed by atoms with Crippen molar-refractivity contribution in [2.24, 2.45) is 11.8 Å². The van der Waals surface area contributed by atoms with Crippen LogP contribution >= 0.6 is 0 Å². The Bertz CT molecular complexity index is 115. The number of nitrogens with one attached hydrogen (secondary N) is 1. The van der Waals surface area contributed by atoms with E-state index in [-0.39, 0.29) is 0 Å². The zero-order chi connectivity index (χ0) is 10.3. The summed E-state index contributed by atoms with van der Waals surface area (Å²) in [4.78, 5) is 0. The van der Waals surface area contributed by atoms with Gasteiger partial charge in [0.25, 0.3) is 0 Å². The second kappa shape index (κ2) is 7.34. The van der Waals surface area contributed by atoms with Crippen LogP contribution in [0.25, 0.3) is 0 Å². The summed E-state index contributed by atoms with van der Waals surface area (Å²) in [5.74, 6) is 1.39. The van der Waals surface area contributed by atoms with Crippen molar-refractivity contribution in [2.45, 2.75) is 40.2 Å². The molecular formula is C11H25NO. The van der Waals surface area contributed by atoms with Crippen LogP contribution in [0, 0.1) is 11.8 Å². The molecule has 0 aromatic rings. The van der Waals surface area contributed by atoms with E-state index < -0.39 is 0 Å². The molecule has 0 spiro atoms. The lowest BCUT2D eigenvalue weighted by molar-refractivity contribution is 0.126. The van der Waals surface area contributed by atoms with Crippen LogP contribution in [-0.2, 0) is 4.74 Å². The van der Waals surface area contributed by atoms with Crippen molar-refractivity contribution in [2.75, 3.05) is 20.3 Å². The summed E-state index contributed by atoms with van der Waals surface area (Å²) in [6.07, 6.45) is 1.23. The average Bonchev–Trinajstić information content (AvgIpc) is 2.05. The molecule has 0 saturated carbocycles. The third kappa shape index (κ3) is 6.05. The largest absolute Gasteiger partial charge is 0.384 e. The number of hydrogen-bond donors (Lipinski definition) is 1. The zero-order valence-corrected chi connectivity index (χ0v) is 9.76. The topological polar surface area (TPSA) is 21.3 Å². The van der Waals surface area contributed by atoms with Crippen molar-refractivity contribution >= 4 is 0 Å². The minimum absolute atomic E-state index is 0.587. The number of hydrogen-bond acceptors (Lipinski definition) is 2. The Morgan fingerprint density at radius 1 is 1.23 bits per heavy atom. The lowest BCUT2D eigenvalue weighted by Gasteiger charge is -2.23. The van der Waals surface area contributed by atoms with E-state index in [1.807, 2.05) is 0 Å². The van der Waals surface area contributed by atoms with Crippen LogP contribution in [-0.4, -0.2) is 26.3 Å². The molecule has 0 aliphatic rings. The van der Waals surface area contributed by atoms with Crippen molar-refractivity contribution in [1.82, 2.24) is 5.32 Å². The van der Waals surface area contributed by atoms with Gasteiger partial charge in [0, 0.05) is 19.8 Å². The Morgan fingerprint density at radius 2 is 1.85 bits per heavy atom. The van der Waals surface area contributed by atoms with Crippen LogP contribution in [0.15, 0.2) is 0 Å². The lowest BCUT2D eigenvalue weighted by atomic mass is 9.92. The fourth-order valence-electron chi connectivity index (χ4n) is 1.53. The molecule has 2 heteroatoms. The van der Waals surface area contributed by atoms with Gasteiger partial charge in [0.05, 0.1) is 0 Å². The van der Waals surface area contributed by atoms with Gasteiger partial charge >= 0.3 is 0 Å². The standard InChI is InChI=1S/C11H25NO/c1-6-11(7-12-9(2)3)10(4)8-13-5/h9-12H,6-8H2,1-5H3. The Kier molecular flexibility index (Phi) is 7.29. The van der Waals surface area contributed by atoms with Crippen LogP contribution in [0.5, 0.6) is 0 Å². The molecule has 0 amide bonds. The number of rotatable bonds is 7. The van der Waals surface area contributed by atoms with Crippen LogP contribution in [0.1, 0.15) is 34.1 Å². The van der Waals surface area contributed by atoms with Gasteiger partial charge in [-0.2, -0.15) is 0 Å². The molecule has 0 aliphatic heterocycles. The van der Waals surface area contributed by atoms with Gasteiger partial charge in [0.2, 0.25) is 0 Å². The molecule has 2 unspecified atom stereocenters. The fourth-order valence-corrected chi connectivity index (χ4v) is 1.53. The van der Waals surface area contributed by atoms with E-state index in [1.165, 1.54) is 6.42 Å². The molecule has 0 fully saturated rings. The molecule has 0 heterocycles. The lowest BCUT2D eigenvalue weighted by Crippen LogP contribution is -2.32. The summed E-state index contributed by atoms with van der Waals surface area (Å²) < 4.78 is 5.17. The molecular weight excluding hydrogens is 162 g/mol. The van der Waals surface area contributed by atoms with Gasteiger partial charge < -0.3 is 10.1 Å². The van der Waals surface area contributed by atoms with Gasteiger partial charge in [0.1, 0.15) is 0 Å². The van der Waals surface area contributed by atoms with E-state index in [2.05, 4.69) is 33.0 Å². The second-order valence-corrected chi connectivity index (χ2v) is 4.16. The summed E-state index contributed by atoms with van der Waals surface area (Å²) in [5, 5.41) is 3.48. The molecule has 0 saturated heterocycles. The highest BCUT2D eigenvalue weighted by Crippen LogP contribution is 2.14. The maximum absolute atomic E-state index is 5.17. The van der Waals surface area contributed by atoms with Crippen molar-refractivity contribution < 1.29 is 4.74 Å². The summed E-state index contributed by atoms with van der Waals surface area (Å²) >= 11 is 0. The van der Waals surface area contributed by atoms with Gasteiger partial charge in [-0.05, 0) is 18.4 Å². The fraction of sp³-hybridized carbons (Fsp3) is 1.00. The van der Waals surface area contributed by atoms with E-state index >= 15 is 0 Å². The quantitative estimate of drug-likeness (QED) is 0.660. The molecule has 2 atom stereocenters. The minimum Gasteiger partial charge on any atom is -0.384 e. The third-order valence-electron chi connectivity index (χ3n) is 2.55. The predicted molar refractivity (Wildman–Crippen MR) is 58.0 cm³/mol. The van der Waals surface area contributed by atoms with E-state index in [0.29, 0.717) is 12.0 Å². The highest BCUT2D eigenvalue weighted by atomic mass is 16.5. The molecule has 80 valence electrons. The molecule has 0 aromatic heterocycles. The SMILES string of the molecule is CCC(CNC(C)C)C(C)COC. The third-order valence-corrected chi connectivity index (χ3v) is 2.55. The maximum Gasteiger partial charge on any atom is 0.0490 e. The van der Waals surface area contributed by atoms with Crippen LogP contribution in [0.3, 0.4) is 0 Å². The molecule has 0 radical (unpaired) electrons. The summed E-state index contributed by atoms with van der Waals surface area (Å²) in [7, 11) is 1.78. The first-order chi connectivity index (χ1) is 6.11. The van der Waals surface area contributed by atoms with Gasteiger partial charge in [-0.25, -0.2) is 0 Å². The Balaban J connectivity index is 3.73. The van der Waals surface area contributed by atoms with Gasteiger partial charge in [-0.1, -0.05) is 34.1 Å². The van der Waals surface area contributed by atoms with Crippen LogP contribution < -0.4 is 5.32 Å². The van der Waals surface area contributed by atoms with E-state index in [0.717, 1.165) is 19.1 Å². The first-order valence-electron chi connectivity index (χ1n) is 5.34. The smallest absolute Gasteiger partial charge is 0.0490 e. The normalized spacial score (nSPS) is 16.2. The number of ether oxygens (including phenoxy) is 1. The van der Waals surface area contributed by atoms with E-state index in [1.54, 1.807) is 7.11 Å². The van der Waals surface area contributed by atoms with Crippen LogP contribution in [0.4, 0.5) is 0 Å². The van der Waals surface area contributed by atoms with Crippen molar-refractivity contribution in [1.29, 1.82) is 0 Å². The van der Waals surface area contributed by atoms with E-state index in [9.17, 15) is 0 Å². The van der Waals surface area contributed by atoms with Crippen LogP contribution in [0.2, 0.25) is 0 Å². The molecule has 0 aliphatic carbocycles. The highest BCUT2D eigenvalue weighted by molar-refractivity contribution is 4.68. The molecule has 2 nitrogen and oxygen atoms in total. The van der Waals surface area contributed by atoms with E-state index in [4.69, 9.17) is 4.74 Å². The van der Waals surface area contributed by atoms with Gasteiger partial charge in [0.15, 0.2) is 0 Å².